The van der Waals surface area contributed by atoms with E-state index in [1.54, 1.807) is 13.0 Å². The fourth-order valence-corrected chi connectivity index (χ4v) is 1.99. The number of nitrogens with two attached hydrogens (primary N) is 1. The Kier molecular flexibility index (Phi) is 2.90. The van der Waals surface area contributed by atoms with Crippen molar-refractivity contribution in [1.29, 1.82) is 0 Å². The SMILES string of the molecule is CC(=O)c1cn(C(C)C(N)=O)c2c(F)cccc12. The number of Topliss-reactive ketones (excluding diaryl/α,β-unsaturated/α-hetero) is 1. The number of amides is 1. The predicted molar refractivity (Wildman–Crippen MR) is 65.8 cm³/mol. The monoisotopic (exact) mass is 248 g/mol. The first-order valence-corrected chi connectivity index (χ1v) is 5.52. The summed E-state index contributed by atoms with van der Waals surface area (Å²) in [6.45, 7) is 2.97. The van der Waals surface area contributed by atoms with Gasteiger partial charge >= 0.3 is 0 Å². The lowest BCUT2D eigenvalue weighted by Gasteiger charge is -2.11. The number of carbonyl (C=O) groups excluding carboxylic acids is 2. The van der Waals surface area contributed by atoms with Gasteiger partial charge in [0.25, 0.3) is 0 Å². The maximum atomic E-state index is 13.9. The van der Waals surface area contributed by atoms with Crippen LogP contribution in [0, 0.1) is 5.82 Å². The first-order valence-electron chi connectivity index (χ1n) is 5.52. The summed E-state index contributed by atoms with van der Waals surface area (Å²) in [6, 6.07) is 3.76. The molecule has 0 spiro atoms. The average molecular weight is 248 g/mol. The minimum atomic E-state index is -0.711. The van der Waals surface area contributed by atoms with Crippen LogP contribution in [-0.2, 0) is 4.79 Å². The lowest BCUT2D eigenvalue weighted by molar-refractivity contribution is -0.120. The third-order valence-electron chi connectivity index (χ3n) is 3.01. The normalized spacial score (nSPS) is 12.6. The molecule has 2 N–H and O–H groups in total. The van der Waals surface area contributed by atoms with Gasteiger partial charge in [0.05, 0.1) is 5.52 Å². The Morgan fingerprint density at radius 1 is 1.39 bits per heavy atom. The van der Waals surface area contributed by atoms with Crippen molar-refractivity contribution >= 4 is 22.6 Å². The minimum Gasteiger partial charge on any atom is -0.368 e. The standard InChI is InChI=1S/C13H13FN2O2/c1-7(13(15)18)16-6-10(8(2)17)9-4-3-5-11(14)12(9)16/h3-7H,1-2H3,(H2,15,18). The van der Waals surface area contributed by atoms with Crippen molar-refractivity contribution in [2.45, 2.75) is 19.9 Å². The molecule has 1 aromatic heterocycles. The van der Waals surface area contributed by atoms with Crippen molar-refractivity contribution in [3.05, 3.63) is 35.8 Å². The van der Waals surface area contributed by atoms with Gasteiger partial charge in [-0.1, -0.05) is 12.1 Å². The molecule has 0 bridgehead atoms. The number of ketones is 1. The second-order valence-corrected chi connectivity index (χ2v) is 4.22. The molecule has 0 saturated heterocycles. The van der Waals surface area contributed by atoms with Gasteiger partial charge in [-0.25, -0.2) is 4.39 Å². The number of para-hydroxylation sites is 1. The molecule has 0 radical (unpaired) electrons. The molecule has 94 valence electrons. The van der Waals surface area contributed by atoms with Gasteiger partial charge in [-0.15, -0.1) is 0 Å². The van der Waals surface area contributed by atoms with E-state index in [1.165, 1.54) is 29.8 Å². The van der Waals surface area contributed by atoms with Crippen LogP contribution in [0.15, 0.2) is 24.4 Å². The Morgan fingerprint density at radius 3 is 2.61 bits per heavy atom. The second-order valence-electron chi connectivity index (χ2n) is 4.22. The van der Waals surface area contributed by atoms with E-state index in [1.807, 2.05) is 0 Å². The van der Waals surface area contributed by atoms with Gasteiger partial charge in [0.15, 0.2) is 5.78 Å². The Hall–Kier alpha value is -2.17. The van der Waals surface area contributed by atoms with Crippen molar-refractivity contribution in [3.8, 4) is 0 Å². The van der Waals surface area contributed by atoms with Gasteiger partial charge in [-0.3, -0.25) is 9.59 Å². The number of aromatic nitrogens is 1. The average Bonchev–Trinajstić information content (AvgIpc) is 2.68. The second kappa shape index (κ2) is 4.25. The van der Waals surface area contributed by atoms with E-state index in [9.17, 15) is 14.0 Å². The third-order valence-corrected chi connectivity index (χ3v) is 3.01. The van der Waals surface area contributed by atoms with E-state index in [0.29, 0.717) is 10.9 Å². The van der Waals surface area contributed by atoms with Crippen LogP contribution in [0.2, 0.25) is 0 Å². The molecular formula is C13H13FN2O2. The first-order chi connectivity index (χ1) is 8.43. The minimum absolute atomic E-state index is 0.180. The Bertz CT molecular complexity index is 646. The number of halogens is 1. The molecule has 1 aromatic carbocycles. The third kappa shape index (κ3) is 1.77. The highest BCUT2D eigenvalue weighted by Gasteiger charge is 2.20. The summed E-state index contributed by atoms with van der Waals surface area (Å²) in [4.78, 5) is 22.8. The number of nitrogens with zero attached hydrogens (tertiary/aromatic N) is 1. The Morgan fingerprint density at radius 2 is 2.06 bits per heavy atom. The molecule has 2 rings (SSSR count). The molecule has 1 amide bonds. The van der Waals surface area contributed by atoms with Crippen LogP contribution in [0.5, 0.6) is 0 Å². The number of hydrogen-bond donors (Lipinski definition) is 1. The molecule has 0 aliphatic heterocycles. The maximum absolute atomic E-state index is 13.9. The number of benzene rings is 1. The smallest absolute Gasteiger partial charge is 0.240 e. The van der Waals surface area contributed by atoms with Crippen molar-refractivity contribution in [2.75, 3.05) is 0 Å². The molecule has 1 heterocycles. The van der Waals surface area contributed by atoms with Crippen LogP contribution in [0.25, 0.3) is 10.9 Å². The Balaban J connectivity index is 2.82. The quantitative estimate of drug-likeness (QED) is 0.844. The van der Waals surface area contributed by atoms with Gasteiger partial charge in [0, 0.05) is 17.1 Å². The summed E-state index contributed by atoms with van der Waals surface area (Å²) in [5, 5.41) is 0.496. The van der Waals surface area contributed by atoms with Gasteiger partial charge < -0.3 is 10.3 Å². The summed E-state index contributed by atoms with van der Waals surface area (Å²) in [7, 11) is 0. The van der Waals surface area contributed by atoms with Gasteiger partial charge in [-0.2, -0.15) is 0 Å². The lowest BCUT2D eigenvalue weighted by atomic mass is 10.1. The van der Waals surface area contributed by atoms with E-state index >= 15 is 0 Å². The molecule has 0 saturated carbocycles. The molecule has 5 heteroatoms. The molecular weight excluding hydrogens is 235 g/mol. The number of rotatable bonds is 3. The van der Waals surface area contributed by atoms with Crippen LogP contribution in [0.3, 0.4) is 0 Å². The molecule has 2 aromatic rings. The molecule has 18 heavy (non-hydrogen) atoms. The van der Waals surface area contributed by atoms with Gasteiger partial charge in [0.2, 0.25) is 5.91 Å². The lowest BCUT2D eigenvalue weighted by Crippen LogP contribution is -2.23. The molecule has 1 unspecified atom stereocenters. The highest BCUT2D eigenvalue weighted by Crippen LogP contribution is 2.27. The molecule has 0 aliphatic carbocycles. The van der Waals surface area contributed by atoms with Crippen LogP contribution < -0.4 is 5.73 Å². The van der Waals surface area contributed by atoms with E-state index in [4.69, 9.17) is 5.73 Å². The van der Waals surface area contributed by atoms with E-state index < -0.39 is 17.8 Å². The van der Waals surface area contributed by atoms with Crippen LogP contribution in [0.4, 0.5) is 4.39 Å². The molecule has 1 atom stereocenters. The number of carbonyl (C=O) groups is 2. The highest BCUT2D eigenvalue weighted by molar-refractivity contribution is 6.07. The zero-order valence-electron chi connectivity index (χ0n) is 10.1. The zero-order chi connectivity index (χ0) is 13.4. The van der Waals surface area contributed by atoms with Gasteiger partial charge in [0.1, 0.15) is 11.9 Å². The van der Waals surface area contributed by atoms with Crippen LogP contribution in [0.1, 0.15) is 30.2 Å². The van der Waals surface area contributed by atoms with E-state index in [0.717, 1.165) is 0 Å². The molecule has 4 nitrogen and oxygen atoms in total. The highest BCUT2D eigenvalue weighted by atomic mass is 19.1. The predicted octanol–water partition coefficient (Wildman–Crippen LogP) is 2.03. The summed E-state index contributed by atoms with van der Waals surface area (Å²) < 4.78 is 15.3. The number of hydrogen-bond acceptors (Lipinski definition) is 2. The number of fused-ring (bicyclic) bond motifs is 1. The van der Waals surface area contributed by atoms with Crippen molar-refractivity contribution in [1.82, 2.24) is 4.57 Å². The van der Waals surface area contributed by atoms with E-state index in [2.05, 4.69) is 0 Å². The summed E-state index contributed by atoms with van der Waals surface area (Å²) in [6.07, 6.45) is 1.48. The van der Waals surface area contributed by atoms with Crippen LogP contribution in [-0.4, -0.2) is 16.3 Å². The topological polar surface area (TPSA) is 65.1 Å². The van der Waals surface area contributed by atoms with Crippen molar-refractivity contribution in [3.63, 3.8) is 0 Å². The first kappa shape index (κ1) is 12.3. The fraction of sp³-hybridized carbons (Fsp3) is 0.231. The maximum Gasteiger partial charge on any atom is 0.240 e. The van der Waals surface area contributed by atoms with Crippen molar-refractivity contribution in [2.24, 2.45) is 5.73 Å². The molecule has 0 aliphatic rings. The number of primary amides is 1. The Labute approximate surface area is 103 Å². The van der Waals surface area contributed by atoms with Crippen LogP contribution >= 0.6 is 0 Å². The van der Waals surface area contributed by atoms with Gasteiger partial charge in [-0.05, 0) is 19.9 Å². The van der Waals surface area contributed by atoms with E-state index in [-0.39, 0.29) is 11.3 Å². The van der Waals surface area contributed by atoms with Crippen molar-refractivity contribution < 1.29 is 14.0 Å². The summed E-state index contributed by atoms with van der Waals surface area (Å²) in [5.41, 5.74) is 5.84. The zero-order valence-corrected chi connectivity index (χ0v) is 10.1. The largest absolute Gasteiger partial charge is 0.368 e. The fourth-order valence-electron chi connectivity index (χ4n) is 1.99. The molecule has 0 fully saturated rings. The summed E-state index contributed by atoms with van der Waals surface area (Å²) in [5.74, 6) is -1.24. The summed E-state index contributed by atoms with van der Waals surface area (Å²) >= 11 is 0.